The van der Waals surface area contributed by atoms with Crippen LogP contribution < -0.4 is 5.32 Å². The Morgan fingerprint density at radius 2 is 2.29 bits per heavy atom. The minimum absolute atomic E-state index is 0.00675. The summed E-state index contributed by atoms with van der Waals surface area (Å²) in [5.41, 5.74) is 1.83. The Labute approximate surface area is 132 Å². The smallest absolute Gasteiger partial charge is 0.251 e. The summed E-state index contributed by atoms with van der Waals surface area (Å²) >= 11 is 3.48. The van der Waals surface area contributed by atoms with Crippen LogP contribution >= 0.6 is 15.9 Å². The van der Waals surface area contributed by atoms with Crippen LogP contribution in [0.15, 0.2) is 41.4 Å². The number of aryl methyl sites for hydroxylation is 1. The quantitative estimate of drug-likeness (QED) is 0.923. The molecule has 1 aliphatic carbocycles. The average Bonchev–Trinajstić information content (AvgIpc) is 3.12. The monoisotopic (exact) mass is 347 g/mol. The van der Waals surface area contributed by atoms with Crippen molar-refractivity contribution in [3.05, 3.63) is 52.5 Å². The van der Waals surface area contributed by atoms with E-state index in [0.29, 0.717) is 11.6 Å². The maximum absolute atomic E-state index is 12.4. The predicted molar refractivity (Wildman–Crippen MR) is 85.2 cm³/mol. The third-order valence-electron chi connectivity index (χ3n) is 4.14. The van der Waals surface area contributed by atoms with Crippen LogP contribution in [0.2, 0.25) is 0 Å². The summed E-state index contributed by atoms with van der Waals surface area (Å²) in [6, 6.07) is 6.20. The third kappa shape index (κ3) is 3.02. The van der Waals surface area contributed by atoms with Gasteiger partial charge >= 0.3 is 0 Å². The van der Waals surface area contributed by atoms with Crippen molar-refractivity contribution < 1.29 is 4.79 Å². The average molecular weight is 348 g/mol. The van der Waals surface area contributed by atoms with E-state index in [4.69, 9.17) is 0 Å². The molecule has 0 bridgehead atoms. The number of benzene rings is 1. The number of aromatic nitrogens is 2. The summed E-state index contributed by atoms with van der Waals surface area (Å²) in [5, 5.41) is 3.17. The number of hydrogen-bond donors (Lipinski definition) is 1. The molecule has 1 fully saturated rings. The van der Waals surface area contributed by atoms with E-state index in [1.807, 2.05) is 37.6 Å². The molecule has 0 aliphatic heterocycles. The maximum atomic E-state index is 12.4. The second-order valence-corrected chi connectivity index (χ2v) is 6.41. The van der Waals surface area contributed by atoms with Gasteiger partial charge in [0.05, 0.1) is 12.4 Å². The number of imidazole rings is 1. The van der Waals surface area contributed by atoms with Gasteiger partial charge in [0.2, 0.25) is 0 Å². The van der Waals surface area contributed by atoms with Crippen molar-refractivity contribution in [1.29, 1.82) is 0 Å². The van der Waals surface area contributed by atoms with Crippen molar-refractivity contribution in [3.63, 3.8) is 0 Å². The molecule has 0 spiro atoms. The van der Waals surface area contributed by atoms with Gasteiger partial charge in [-0.2, -0.15) is 0 Å². The topological polar surface area (TPSA) is 46.9 Å². The van der Waals surface area contributed by atoms with Crippen LogP contribution in [0.4, 0.5) is 0 Å². The fourth-order valence-electron chi connectivity index (χ4n) is 2.92. The molecular weight excluding hydrogens is 330 g/mol. The molecule has 1 saturated carbocycles. The van der Waals surface area contributed by atoms with Gasteiger partial charge in [-0.05, 0) is 43.9 Å². The highest BCUT2D eigenvalue weighted by molar-refractivity contribution is 9.10. The first kappa shape index (κ1) is 14.3. The van der Waals surface area contributed by atoms with Gasteiger partial charge in [-0.3, -0.25) is 4.79 Å². The maximum Gasteiger partial charge on any atom is 0.251 e. The minimum atomic E-state index is -0.00675. The zero-order valence-electron chi connectivity index (χ0n) is 11.9. The van der Waals surface area contributed by atoms with E-state index in [-0.39, 0.29) is 11.9 Å². The number of carbonyl (C=O) groups excluding carboxylic acids is 1. The SMILES string of the molecule is Cc1ccc(C(=O)NC2CCCC2n2ccnc2)cc1Br. The number of hydrogen-bond acceptors (Lipinski definition) is 2. The van der Waals surface area contributed by atoms with Gasteiger partial charge in [0.25, 0.3) is 5.91 Å². The molecule has 110 valence electrons. The molecule has 2 aromatic rings. The van der Waals surface area contributed by atoms with E-state index in [1.54, 1.807) is 6.20 Å². The molecular formula is C16H18BrN3O. The zero-order chi connectivity index (χ0) is 14.8. The Morgan fingerprint density at radius 3 is 3.00 bits per heavy atom. The van der Waals surface area contributed by atoms with Crippen molar-refractivity contribution in [2.24, 2.45) is 0 Å². The molecule has 0 saturated heterocycles. The third-order valence-corrected chi connectivity index (χ3v) is 4.99. The van der Waals surface area contributed by atoms with Crippen LogP contribution in [0.1, 0.15) is 41.2 Å². The molecule has 2 atom stereocenters. The summed E-state index contributed by atoms with van der Waals surface area (Å²) < 4.78 is 3.07. The first-order valence-corrected chi connectivity index (χ1v) is 7.99. The van der Waals surface area contributed by atoms with Crippen LogP contribution in [0, 0.1) is 6.92 Å². The molecule has 1 aliphatic rings. The number of halogens is 1. The first-order valence-electron chi connectivity index (χ1n) is 7.19. The summed E-state index contributed by atoms with van der Waals surface area (Å²) in [4.78, 5) is 16.5. The van der Waals surface area contributed by atoms with Crippen LogP contribution in [-0.4, -0.2) is 21.5 Å². The minimum Gasteiger partial charge on any atom is -0.347 e. The summed E-state index contributed by atoms with van der Waals surface area (Å²) in [6.45, 7) is 2.01. The van der Waals surface area contributed by atoms with E-state index in [2.05, 4.69) is 30.8 Å². The summed E-state index contributed by atoms with van der Waals surface area (Å²) in [6.07, 6.45) is 8.81. The van der Waals surface area contributed by atoms with Gasteiger partial charge in [0.1, 0.15) is 0 Å². The highest BCUT2D eigenvalue weighted by Gasteiger charge is 2.29. The second kappa shape index (κ2) is 6.02. The molecule has 0 radical (unpaired) electrons. The first-order chi connectivity index (χ1) is 10.1. The second-order valence-electron chi connectivity index (χ2n) is 5.55. The number of rotatable bonds is 3. The van der Waals surface area contributed by atoms with Crippen molar-refractivity contribution in [2.75, 3.05) is 0 Å². The Hall–Kier alpha value is -1.62. The number of nitrogens with one attached hydrogen (secondary N) is 1. The molecule has 5 heteroatoms. The molecule has 2 unspecified atom stereocenters. The molecule has 21 heavy (non-hydrogen) atoms. The van der Waals surface area contributed by atoms with Gasteiger partial charge in [0.15, 0.2) is 0 Å². The highest BCUT2D eigenvalue weighted by atomic mass is 79.9. The molecule has 3 rings (SSSR count). The largest absolute Gasteiger partial charge is 0.347 e. The van der Waals surface area contributed by atoms with Gasteiger partial charge in [-0.1, -0.05) is 22.0 Å². The van der Waals surface area contributed by atoms with Gasteiger partial charge in [0, 0.05) is 28.5 Å². The Morgan fingerprint density at radius 1 is 1.43 bits per heavy atom. The lowest BCUT2D eigenvalue weighted by Gasteiger charge is -2.22. The Balaban J connectivity index is 1.73. The number of carbonyl (C=O) groups is 1. The van der Waals surface area contributed by atoms with Crippen molar-refractivity contribution in [2.45, 2.75) is 38.3 Å². The van der Waals surface area contributed by atoms with Crippen LogP contribution in [0.3, 0.4) is 0 Å². The van der Waals surface area contributed by atoms with Crippen LogP contribution in [-0.2, 0) is 0 Å². The van der Waals surface area contributed by atoms with Crippen LogP contribution in [0.25, 0.3) is 0 Å². The molecule has 1 amide bonds. The van der Waals surface area contributed by atoms with Gasteiger partial charge < -0.3 is 9.88 Å². The van der Waals surface area contributed by atoms with E-state index in [0.717, 1.165) is 29.3 Å². The normalized spacial score (nSPS) is 21.4. The van der Waals surface area contributed by atoms with Crippen molar-refractivity contribution >= 4 is 21.8 Å². The number of nitrogens with zero attached hydrogens (tertiary/aromatic N) is 2. The lowest BCUT2D eigenvalue weighted by atomic mass is 10.1. The predicted octanol–water partition coefficient (Wildman–Crippen LogP) is 3.48. The fourth-order valence-corrected chi connectivity index (χ4v) is 3.30. The fraction of sp³-hybridized carbons (Fsp3) is 0.375. The molecule has 1 heterocycles. The molecule has 1 N–H and O–H groups in total. The standard InChI is InChI=1S/C16H18BrN3O/c1-11-5-6-12(9-13(11)17)16(21)19-14-3-2-4-15(14)20-8-7-18-10-20/h5-10,14-15H,2-4H2,1H3,(H,19,21). The lowest BCUT2D eigenvalue weighted by molar-refractivity contribution is 0.0929. The number of amides is 1. The molecule has 4 nitrogen and oxygen atoms in total. The zero-order valence-corrected chi connectivity index (χ0v) is 13.5. The molecule has 1 aromatic carbocycles. The van der Waals surface area contributed by atoms with Gasteiger partial charge in [-0.25, -0.2) is 4.98 Å². The van der Waals surface area contributed by atoms with E-state index in [1.165, 1.54) is 0 Å². The van der Waals surface area contributed by atoms with E-state index in [9.17, 15) is 4.79 Å². The van der Waals surface area contributed by atoms with Crippen molar-refractivity contribution in [3.8, 4) is 0 Å². The van der Waals surface area contributed by atoms with Crippen LogP contribution in [0.5, 0.6) is 0 Å². The van der Waals surface area contributed by atoms with E-state index >= 15 is 0 Å². The Bertz CT molecular complexity index is 639. The molecule has 1 aromatic heterocycles. The summed E-state index contributed by atoms with van der Waals surface area (Å²) in [7, 11) is 0. The lowest BCUT2D eigenvalue weighted by Crippen LogP contribution is -2.38. The van der Waals surface area contributed by atoms with Crippen molar-refractivity contribution in [1.82, 2.24) is 14.9 Å². The van der Waals surface area contributed by atoms with E-state index < -0.39 is 0 Å². The highest BCUT2D eigenvalue weighted by Crippen LogP contribution is 2.30. The summed E-state index contributed by atoms with van der Waals surface area (Å²) in [5.74, 6) is -0.00675. The Kier molecular flexibility index (Phi) is 4.10. The van der Waals surface area contributed by atoms with Gasteiger partial charge in [-0.15, -0.1) is 0 Å².